The van der Waals surface area contributed by atoms with Crippen LogP contribution in [0.15, 0.2) is 82.6 Å². The van der Waals surface area contributed by atoms with Crippen LogP contribution in [0.2, 0.25) is 0 Å². The van der Waals surface area contributed by atoms with E-state index in [9.17, 15) is 30.0 Å². The molecular weight excluding hydrogens is 796 g/mol. The summed E-state index contributed by atoms with van der Waals surface area (Å²) in [4.78, 5) is 0.00538. The molecule has 266 valence electrons. The Morgan fingerprint density at radius 2 is 0.959 bits per heavy atom. The summed E-state index contributed by atoms with van der Waals surface area (Å²) in [6, 6.07) is 17.8. The van der Waals surface area contributed by atoms with Gasteiger partial charge in [0.2, 0.25) is 0 Å². The predicted molar refractivity (Wildman–Crippen MR) is 190 cm³/mol. The maximum absolute atomic E-state index is 13.3. The van der Waals surface area contributed by atoms with Gasteiger partial charge in [0.1, 0.15) is 38.4 Å². The van der Waals surface area contributed by atoms with Crippen molar-refractivity contribution in [2.45, 2.75) is 69.3 Å². The molecule has 0 fully saturated rings. The highest BCUT2D eigenvalue weighted by Gasteiger charge is 2.36. The largest absolute Gasteiger partial charge is 0.496 e. The van der Waals surface area contributed by atoms with Gasteiger partial charge in [-0.15, -0.1) is 0 Å². The second-order valence-corrected chi connectivity index (χ2v) is 15.9. The quantitative estimate of drug-likeness (QED) is 0.115. The van der Waals surface area contributed by atoms with Crippen molar-refractivity contribution in [3.63, 3.8) is 0 Å². The van der Waals surface area contributed by atoms with Gasteiger partial charge in [0.25, 0.3) is 0 Å². The Labute approximate surface area is 300 Å². The van der Waals surface area contributed by atoms with Crippen molar-refractivity contribution in [3.8, 4) is 23.0 Å². The summed E-state index contributed by atoms with van der Waals surface area (Å²) in [5.74, 6) is 0.105. The van der Waals surface area contributed by atoms with Crippen LogP contribution in [0.5, 0.6) is 23.0 Å². The van der Waals surface area contributed by atoms with Crippen LogP contribution in [0, 0.1) is 17.4 Å². The number of methoxy groups -OCH3 is 2. The van der Waals surface area contributed by atoms with Gasteiger partial charge in [0, 0.05) is 11.1 Å². The summed E-state index contributed by atoms with van der Waals surface area (Å²) < 4.78 is 111. The van der Waals surface area contributed by atoms with Crippen LogP contribution < -0.4 is 17.8 Å². The van der Waals surface area contributed by atoms with Crippen LogP contribution in [0.4, 0.5) is 13.2 Å². The topological polar surface area (TPSA) is 105 Å². The van der Waals surface area contributed by atoms with E-state index in [0.717, 1.165) is 33.4 Å². The first kappa shape index (κ1) is 39.9. The molecule has 0 amide bonds. The fourth-order valence-corrected chi connectivity index (χ4v) is 7.01. The Morgan fingerprint density at radius 3 is 1.31 bits per heavy atom. The van der Waals surface area contributed by atoms with E-state index < -0.39 is 32.0 Å². The highest BCUT2D eigenvalue weighted by Crippen LogP contribution is 2.43. The number of ether oxygens (including phenoxy) is 2. The molecule has 0 saturated heterocycles. The molecule has 0 saturated carbocycles. The zero-order valence-corrected chi connectivity index (χ0v) is 32.0. The lowest BCUT2D eigenvalue weighted by Crippen LogP contribution is -2.14. The summed E-state index contributed by atoms with van der Waals surface area (Å²) in [7, 11) is -5.43. The number of halogens is 4. The van der Waals surface area contributed by atoms with E-state index >= 15 is 0 Å². The van der Waals surface area contributed by atoms with Crippen LogP contribution in [0.25, 0.3) is 0 Å². The Bertz CT molecular complexity index is 1980. The number of rotatable bonds is 10. The molecule has 0 aliphatic heterocycles. The van der Waals surface area contributed by atoms with Gasteiger partial charge in [-0.05, 0) is 96.8 Å². The maximum Gasteiger partial charge on any atom is 0.420 e. The van der Waals surface area contributed by atoms with Crippen LogP contribution in [-0.2, 0) is 26.4 Å². The SMILES string of the molecule is COc1cc(C(C)C)c(OS(=O)(=O)c2ccc(C)cc2)cc1C(F)(F)F.COc1cc(C(C)C)c(OS(=O)(=O)c2ccc(C)cc2)cc1I. The van der Waals surface area contributed by atoms with E-state index in [2.05, 4.69) is 22.6 Å². The lowest BCUT2D eigenvalue weighted by atomic mass is 9.99. The Balaban J connectivity index is 0.000000267. The molecule has 0 aliphatic carbocycles. The first-order chi connectivity index (χ1) is 22.7. The Hall–Kier alpha value is -3.50. The summed E-state index contributed by atoms with van der Waals surface area (Å²) in [5, 5.41) is 0. The van der Waals surface area contributed by atoms with Gasteiger partial charge >= 0.3 is 26.4 Å². The second-order valence-electron chi connectivity index (χ2n) is 11.6. The number of hydrogen-bond donors (Lipinski definition) is 0. The number of hydrogen-bond acceptors (Lipinski definition) is 8. The van der Waals surface area contributed by atoms with Crippen molar-refractivity contribution < 1.29 is 47.8 Å². The van der Waals surface area contributed by atoms with Crippen LogP contribution >= 0.6 is 22.6 Å². The molecule has 8 nitrogen and oxygen atoms in total. The van der Waals surface area contributed by atoms with Crippen molar-refractivity contribution in [1.29, 1.82) is 0 Å². The average Bonchev–Trinajstić information content (AvgIpc) is 3.00. The van der Waals surface area contributed by atoms with Gasteiger partial charge in [-0.3, -0.25) is 0 Å². The second kappa shape index (κ2) is 16.0. The van der Waals surface area contributed by atoms with Gasteiger partial charge in [0.05, 0.1) is 17.8 Å². The van der Waals surface area contributed by atoms with Crippen molar-refractivity contribution in [2.24, 2.45) is 0 Å². The number of aryl methyl sites for hydroxylation is 2. The summed E-state index contributed by atoms with van der Waals surface area (Å²) in [5.41, 5.74) is 1.82. The first-order valence-corrected chi connectivity index (χ1v) is 18.8. The zero-order chi connectivity index (χ0) is 36.9. The lowest BCUT2D eigenvalue weighted by molar-refractivity contribution is -0.138. The first-order valence-electron chi connectivity index (χ1n) is 14.9. The summed E-state index contributed by atoms with van der Waals surface area (Å²) in [6.45, 7) is 11.1. The van der Waals surface area contributed by atoms with Gasteiger partial charge in [-0.1, -0.05) is 63.1 Å². The highest BCUT2D eigenvalue weighted by molar-refractivity contribution is 14.1. The smallest absolute Gasteiger partial charge is 0.420 e. The van der Waals surface area contributed by atoms with E-state index in [1.54, 1.807) is 70.3 Å². The van der Waals surface area contributed by atoms with Crippen LogP contribution in [0.1, 0.15) is 67.3 Å². The van der Waals surface area contributed by atoms with Gasteiger partial charge in [-0.2, -0.15) is 30.0 Å². The number of benzene rings is 4. The highest BCUT2D eigenvalue weighted by atomic mass is 127. The average molecular weight is 835 g/mol. The van der Waals surface area contributed by atoms with E-state index in [1.165, 1.54) is 12.1 Å². The third kappa shape index (κ3) is 10.3. The third-order valence-electron chi connectivity index (χ3n) is 7.18. The van der Waals surface area contributed by atoms with E-state index in [0.29, 0.717) is 23.1 Å². The molecule has 49 heavy (non-hydrogen) atoms. The standard InChI is InChI=1S/C18H19F3O4S.C17H19IO4S/c1-11(2)14-9-17(24-4)15(18(19,20)21)10-16(14)25-26(22,23)13-7-5-12(3)6-8-13;1-11(2)14-9-17(21-4)15(18)10-16(14)22-23(19,20)13-7-5-12(3)6-8-13/h5-11H,1-4H3;5-11H,1-4H3. The molecule has 0 unspecified atom stereocenters. The third-order valence-corrected chi connectivity index (χ3v) is 10.5. The summed E-state index contributed by atoms with van der Waals surface area (Å²) >= 11 is 2.10. The van der Waals surface area contributed by atoms with Crippen LogP contribution in [0.3, 0.4) is 0 Å². The van der Waals surface area contributed by atoms with Gasteiger partial charge in [0.15, 0.2) is 0 Å². The lowest BCUT2D eigenvalue weighted by Gasteiger charge is -2.19. The molecule has 0 heterocycles. The van der Waals surface area contributed by atoms with Crippen molar-refractivity contribution in [1.82, 2.24) is 0 Å². The zero-order valence-electron chi connectivity index (χ0n) is 28.2. The van der Waals surface area contributed by atoms with Crippen LogP contribution in [-0.4, -0.2) is 31.1 Å². The predicted octanol–water partition coefficient (Wildman–Crippen LogP) is 9.41. The molecule has 4 aromatic rings. The van der Waals surface area contributed by atoms with Gasteiger partial charge in [-0.25, -0.2) is 0 Å². The molecule has 0 bridgehead atoms. The van der Waals surface area contributed by atoms with E-state index in [-0.39, 0.29) is 33.1 Å². The molecule has 0 aliphatic rings. The molecule has 4 aromatic carbocycles. The van der Waals surface area contributed by atoms with Crippen molar-refractivity contribution in [3.05, 3.63) is 104 Å². The van der Waals surface area contributed by atoms with Crippen molar-refractivity contribution >= 4 is 42.8 Å². The Morgan fingerprint density at radius 1 is 0.592 bits per heavy atom. The molecule has 0 atom stereocenters. The monoisotopic (exact) mass is 834 g/mol. The molecule has 4 rings (SSSR count). The summed E-state index contributed by atoms with van der Waals surface area (Å²) in [6.07, 6.45) is -4.72. The minimum Gasteiger partial charge on any atom is -0.496 e. The maximum atomic E-state index is 13.3. The minimum atomic E-state index is -4.72. The fraction of sp³-hybridized carbons (Fsp3) is 0.314. The molecule has 0 radical (unpaired) electrons. The number of alkyl halides is 3. The Kier molecular flexibility index (Phi) is 13.1. The van der Waals surface area contributed by atoms with E-state index in [1.807, 2.05) is 26.8 Å². The molecule has 0 aromatic heterocycles. The molecule has 14 heteroatoms. The molecular formula is C35H38F3IO8S2. The molecule has 0 spiro atoms. The van der Waals surface area contributed by atoms with E-state index in [4.69, 9.17) is 17.8 Å². The fourth-order valence-electron chi connectivity index (χ4n) is 4.46. The normalized spacial score (nSPS) is 12.0. The van der Waals surface area contributed by atoms with Gasteiger partial charge < -0.3 is 17.8 Å². The van der Waals surface area contributed by atoms with Crippen molar-refractivity contribution in [2.75, 3.05) is 14.2 Å². The minimum absolute atomic E-state index is 0.101. The molecule has 0 N–H and O–H groups in total.